The van der Waals surface area contributed by atoms with E-state index in [9.17, 15) is 18.3 Å². The van der Waals surface area contributed by atoms with Gasteiger partial charge in [-0.3, -0.25) is 4.98 Å². The summed E-state index contributed by atoms with van der Waals surface area (Å²) >= 11 is 0. The lowest BCUT2D eigenvalue weighted by molar-refractivity contribution is -0.206. The summed E-state index contributed by atoms with van der Waals surface area (Å²) in [4.78, 5) is 3.86. The van der Waals surface area contributed by atoms with Crippen molar-refractivity contribution in [1.29, 1.82) is 0 Å². The van der Waals surface area contributed by atoms with Gasteiger partial charge in [0.1, 0.15) is 0 Å². The van der Waals surface area contributed by atoms with E-state index in [0.29, 0.717) is 5.39 Å². The second-order valence-electron chi connectivity index (χ2n) is 3.37. The van der Waals surface area contributed by atoms with Gasteiger partial charge in [-0.2, -0.15) is 13.2 Å². The average molecular weight is 227 g/mol. The number of nitrogens with zero attached hydrogens (tertiary/aromatic N) is 1. The molecule has 0 aliphatic heterocycles. The molecule has 84 valence electrons. The van der Waals surface area contributed by atoms with E-state index in [2.05, 4.69) is 4.98 Å². The maximum absolute atomic E-state index is 12.4. The molecule has 16 heavy (non-hydrogen) atoms. The molecule has 0 aliphatic carbocycles. The Balaban J connectivity index is 2.61. The van der Waals surface area contributed by atoms with Crippen LogP contribution in [0, 0.1) is 0 Å². The minimum absolute atomic E-state index is 0.176. The van der Waals surface area contributed by atoms with Crippen molar-refractivity contribution < 1.29 is 18.3 Å². The summed E-state index contributed by atoms with van der Waals surface area (Å²) in [6.07, 6.45) is -5.77. The number of aromatic nitrogens is 1. The number of aliphatic hydroxyl groups is 1. The van der Waals surface area contributed by atoms with E-state index < -0.39 is 12.3 Å². The topological polar surface area (TPSA) is 33.1 Å². The first kappa shape index (κ1) is 10.9. The molecule has 1 heterocycles. The molecule has 1 unspecified atom stereocenters. The zero-order valence-electron chi connectivity index (χ0n) is 8.07. The van der Waals surface area contributed by atoms with Crippen molar-refractivity contribution in [3.8, 4) is 0 Å². The number of benzene rings is 1. The molecule has 1 aromatic carbocycles. The van der Waals surface area contributed by atoms with Gasteiger partial charge in [-0.1, -0.05) is 24.3 Å². The van der Waals surface area contributed by atoms with Crippen LogP contribution in [-0.2, 0) is 0 Å². The monoisotopic (exact) mass is 227 g/mol. The Morgan fingerprint density at radius 1 is 1.12 bits per heavy atom. The number of hydrogen-bond donors (Lipinski definition) is 1. The SMILES string of the molecule is OC(c1cccc2cccnc12)C(F)(F)F. The van der Waals surface area contributed by atoms with Crippen LogP contribution in [0.1, 0.15) is 11.7 Å². The van der Waals surface area contributed by atoms with E-state index in [1.165, 1.54) is 18.3 Å². The smallest absolute Gasteiger partial charge is 0.379 e. The van der Waals surface area contributed by atoms with Crippen molar-refractivity contribution in [2.45, 2.75) is 12.3 Å². The first-order valence-electron chi connectivity index (χ1n) is 4.58. The first-order valence-corrected chi connectivity index (χ1v) is 4.58. The standard InChI is InChI=1S/C11H8F3NO/c12-11(13,14)10(16)8-5-1-3-7-4-2-6-15-9(7)8/h1-6,10,16H. The second-order valence-corrected chi connectivity index (χ2v) is 3.37. The van der Waals surface area contributed by atoms with Crippen LogP contribution in [-0.4, -0.2) is 16.3 Å². The highest BCUT2D eigenvalue weighted by atomic mass is 19.4. The Kier molecular flexibility index (Phi) is 2.55. The van der Waals surface area contributed by atoms with Crippen LogP contribution >= 0.6 is 0 Å². The summed E-state index contributed by atoms with van der Waals surface area (Å²) in [7, 11) is 0. The molecule has 0 bridgehead atoms. The zero-order chi connectivity index (χ0) is 11.8. The third-order valence-electron chi connectivity index (χ3n) is 2.27. The van der Waals surface area contributed by atoms with Crippen molar-refractivity contribution in [3.05, 3.63) is 42.1 Å². The van der Waals surface area contributed by atoms with Gasteiger partial charge in [0.15, 0.2) is 6.10 Å². The van der Waals surface area contributed by atoms with E-state index in [1.807, 2.05) is 0 Å². The molecular formula is C11H8F3NO. The second kappa shape index (κ2) is 3.75. The number of hydrogen-bond acceptors (Lipinski definition) is 2. The van der Waals surface area contributed by atoms with Gasteiger partial charge < -0.3 is 5.11 Å². The molecular weight excluding hydrogens is 219 g/mol. The number of fused-ring (bicyclic) bond motifs is 1. The summed E-state index contributed by atoms with van der Waals surface area (Å²) < 4.78 is 37.2. The van der Waals surface area contributed by atoms with Crippen LogP contribution < -0.4 is 0 Å². The van der Waals surface area contributed by atoms with Gasteiger partial charge in [0.2, 0.25) is 0 Å². The number of rotatable bonds is 1. The molecule has 0 fully saturated rings. The Bertz CT molecular complexity index is 505. The lowest BCUT2D eigenvalue weighted by Gasteiger charge is -2.15. The van der Waals surface area contributed by atoms with E-state index in [4.69, 9.17) is 0 Å². The number of para-hydroxylation sites is 1. The fraction of sp³-hybridized carbons (Fsp3) is 0.182. The third-order valence-corrected chi connectivity index (χ3v) is 2.27. The van der Waals surface area contributed by atoms with Crippen LogP contribution in [0.5, 0.6) is 0 Å². The minimum atomic E-state index is -4.67. The molecule has 5 heteroatoms. The minimum Gasteiger partial charge on any atom is -0.379 e. The zero-order valence-corrected chi connectivity index (χ0v) is 8.07. The number of pyridine rings is 1. The molecule has 0 aliphatic rings. The summed E-state index contributed by atoms with van der Waals surface area (Å²) in [5, 5.41) is 9.76. The van der Waals surface area contributed by atoms with E-state index in [-0.39, 0.29) is 11.1 Å². The van der Waals surface area contributed by atoms with Gasteiger partial charge in [-0.15, -0.1) is 0 Å². The summed E-state index contributed by atoms with van der Waals surface area (Å²) in [5.41, 5.74) is -0.0413. The van der Waals surface area contributed by atoms with Crippen LogP contribution in [0.25, 0.3) is 10.9 Å². The largest absolute Gasteiger partial charge is 0.418 e. The number of alkyl halides is 3. The van der Waals surface area contributed by atoms with Crippen molar-refractivity contribution in [2.75, 3.05) is 0 Å². The Hall–Kier alpha value is -1.62. The molecule has 0 saturated heterocycles. The van der Waals surface area contributed by atoms with Gasteiger partial charge in [-0.05, 0) is 6.07 Å². The summed E-state index contributed by atoms with van der Waals surface area (Å²) in [6, 6.07) is 7.62. The molecule has 1 aromatic heterocycles. The molecule has 2 aromatic rings. The molecule has 0 spiro atoms. The Labute approximate surface area is 89.4 Å². The third kappa shape index (κ3) is 1.86. The molecule has 1 atom stereocenters. The quantitative estimate of drug-likeness (QED) is 0.812. The van der Waals surface area contributed by atoms with Gasteiger partial charge in [0, 0.05) is 17.1 Å². The maximum Gasteiger partial charge on any atom is 0.418 e. The number of aliphatic hydroxyl groups excluding tert-OH is 1. The normalized spacial score (nSPS) is 14.0. The summed E-state index contributed by atoms with van der Waals surface area (Å²) in [6.45, 7) is 0. The molecule has 0 amide bonds. The summed E-state index contributed by atoms with van der Waals surface area (Å²) in [5.74, 6) is 0. The van der Waals surface area contributed by atoms with Crippen LogP contribution in [0.4, 0.5) is 13.2 Å². The number of halogens is 3. The van der Waals surface area contributed by atoms with Gasteiger partial charge in [0.05, 0.1) is 5.52 Å². The van der Waals surface area contributed by atoms with Gasteiger partial charge in [0.25, 0.3) is 0 Å². The maximum atomic E-state index is 12.4. The highest BCUT2D eigenvalue weighted by molar-refractivity contribution is 5.81. The highest BCUT2D eigenvalue weighted by Crippen LogP contribution is 2.35. The predicted octanol–water partition coefficient (Wildman–Crippen LogP) is 2.83. The van der Waals surface area contributed by atoms with Gasteiger partial charge in [-0.25, -0.2) is 0 Å². The predicted molar refractivity (Wildman–Crippen MR) is 52.8 cm³/mol. The highest BCUT2D eigenvalue weighted by Gasteiger charge is 2.40. The van der Waals surface area contributed by atoms with Crippen LogP contribution in [0.3, 0.4) is 0 Å². The van der Waals surface area contributed by atoms with E-state index in [0.717, 1.165) is 0 Å². The fourth-order valence-electron chi connectivity index (χ4n) is 1.52. The van der Waals surface area contributed by atoms with Crippen molar-refractivity contribution in [3.63, 3.8) is 0 Å². The molecule has 1 N–H and O–H groups in total. The lowest BCUT2D eigenvalue weighted by atomic mass is 10.0. The lowest BCUT2D eigenvalue weighted by Crippen LogP contribution is -2.20. The van der Waals surface area contributed by atoms with Crippen LogP contribution in [0.15, 0.2) is 36.5 Å². The van der Waals surface area contributed by atoms with Crippen molar-refractivity contribution >= 4 is 10.9 Å². The first-order chi connectivity index (χ1) is 7.50. The Morgan fingerprint density at radius 2 is 1.81 bits per heavy atom. The molecule has 0 radical (unpaired) electrons. The molecule has 0 saturated carbocycles. The van der Waals surface area contributed by atoms with Crippen molar-refractivity contribution in [2.24, 2.45) is 0 Å². The molecule has 2 nitrogen and oxygen atoms in total. The van der Waals surface area contributed by atoms with Crippen LogP contribution in [0.2, 0.25) is 0 Å². The molecule has 2 rings (SSSR count). The van der Waals surface area contributed by atoms with Crippen molar-refractivity contribution in [1.82, 2.24) is 4.98 Å². The van der Waals surface area contributed by atoms with E-state index >= 15 is 0 Å². The average Bonchev–Trinajstić information content (AvgIpc) is 2.26. The van der Waals surface area contributed by atoms with E-state index in [1.54, 1.807) is 18.2 Å². The Morgan fingerprint density at radius 3 is 2.50 bits per heavy atom. The van der Waals surface area contributed by atoms with Gasteiger partial charge >= 0.3 is 6.18 Å². The fourth-order valence-corrected chi connectivity index (χ4v) is 1.52.